The number of aryl methyl sites for hydroxylation is 1. The van der Waals surface area contributed by atoms with E-state index in [4.69, 9.17) is 11.6 Å². The number of rotatable bonds is 3. The second-order valence-corrected chi connectivity index (χ2v) is 5.10. The molecule has 1 amide bonds. The highest BCUT2D eigenvalue weighted by molar-refractivity contribution is 6.31. The number of benzene rings is 1. The quantitative estimate of drug-likeness (QED) is 0.807. The smallest absolute Gasteiger partial charge is 0.255 e. The Bertz CT molecular complexity index is 817. The largest absolute Gasteiger partial charge is 0.322 e. The van der Waals surface area contributed by atoms with E-state index in [9.17, 15) is 4.79 Å². The summed E-state index contributed by atoms with van der Waals surface area (Å²) < 4.78 is 1.62. The molecule has 0 radical (unpaired) electrons. The number of anilines is 1. The highest BCUT2D eigenvalue weighted by atomic mass is 35.5. The first-order chi connectivity index (χ1) is 10.6. The van der Waals surface area contributed by atoms with Crippen LogP contribution in [0.5, 0.6) is 0 Å². The highest BCUT2D eigenvalue weighted by Crippen LogP contribution is 2.20. The number of nitrogens with one attached hydrogen (secondary N) is 1. The molecule has 0 fully saturated rings. The van der Waals surface area contributed by atoms with Gasteiger partial charge in [0.2, 0.25) is 0 Å². The van der Waals surface area contributed by atoms with Gasteiger partial charge in [-0.05, 0) is 36.8 Å². The van der Waals surface area contributed by atoms with Gasteiger partial charge < -0.3 is 5.32 Å². The molecule has 0 aliphatic heterocycles. The molecule has 3 rings (SSSR count). The molecule has 0 aliphatic carbocycles. The van der Waals surface area contributed by atoms with E-state index in [0.29, 0.717) is 22.1 Å². The molecule has 110 valence electrons. The van der Waals surface area contributed by atoms with Gasteiger partial charge in [0.15, 0.2) is 0 Å². The zero-order valence-corrected chi connectivity index (χ0v) is 12.4. The van der Waals surface area contributed by atoms with Crippen molar-refractivity contribution >= 4 is 23.2 Å². The number of hydrogen-bond donors (Lipinski definition) is 1. The summed E-state index contributed by atoms with van der Waals surface area (Å²) in [6, 6.07) is 8.68. The Kier molecular flexibility index (Phi) is 3.84. The van der Waals surface area contributed by atoms with Gasteiger partial charge in [0.1, 0.15) is 18.5 Å². The van der Waals surface area contributed by atoms with E-state index in [-0.39, 0.29) is 5.91 Å². The number of hydrogen-bond acceptors (Lipinski definition) is 4. The molecule has 0 saturated carbocycles. The summed E-state index contributed by atoms with van der Waals surface area (Å²) in [7, 11) is 0. The van der Waals surface area contributed by atoms with Crippen molar-refractivity contribution in [1.29, 1.82) is 0 Å². The SMILES string of the molecule is Cc1ccc(NC(=O)c2ccnc(-n3cnnc3)c2)cc1Cl. The molecule has 7 heteroatoms. The molecule has 0 unspecified atom stereocenters. The van der Waals surface area contributed by atoms with Crippen LogP contribution < -0.4 is 5.32 Å². The summed E-state index contributed by atoms with van der Waals surface area (Å²) in [6.45, 7) is 1.90. The Labute approximate surface area is 131 Å². The first kappa shape index (κ1) is 14.2. The average Bonchev–Trinajstić information content (AvgIpc) is 3.05. The molecule has 2 heterocycles. The maximum Gasteiger partial charge on any atom is 0.255 e. The molecule has 0 spiro atoms. The van der Waals surface area contributed by atoms with E-state index < -0.39 is 0 Å². The van der Waals surface area contributed by atoms with Crippen molar-refractivity contribution in [3.8, 4) is 5.82 Å². The zero-order chi connectivity index (χ0) is 15.5. The Morgan fingerprint density at radius 1 is 1.18 bits per heavy atom. The molecule has 6 nitrogen and oxygen atoms in total. The van der Waals surface area contributed by atoms with Gasteiger partial charge in [-0.3, -0.25) is 9.36 Å². The molecule has 0 bridgehead atoms. The van der Waals surface area contributed by atoms with Crippen LogP contribution in [0, 0.1) is 6.92 Å². The summed E-state index contributed by atoms with van der Waals surface area (Å²) in [4.78, 5) is 16.5. The molecular weight excluding hydrogens is 302 g/mol. The minimum Gasteiger partial charge on any atom is -0.322 e. The van der Waals surface area contributed by atoms with E-state index in [1.54, 1.807) is 35.0 Å². The molecule has 1 aromatic carbocycles. The van der Waals surface area contributed by atoms with Crippen molar-refractivity contribution in [2.45, 2.75) is 6.92 Å². The maximum atomic E-state index is 12.3. The van der Waals surface area contributed by atoms with Gasteiger partial charge in [-0.15, -0.1) is 10.2 Å². The van der Waals surface area contributed by atoms with Crippen LogP contribution in [0.4, 0.5) is 5.69 Å². The van der Waals surface area contributed by atoms with Gasteiger partial charge in [-0.2, -0.15) is 0 Å². The van der Waals surface area contributed by atoms with Crippen LogP contribution >= 0.6 is 11.6 Å². The van der Waals surface area contributed by atoms with Crippen LogP contribution in [-0.2, 0) is 0 Å². The van der Waals surface area contributed by atoms with Crippen LogP contribution in [0.15, 0.2) is 49.2 Å². The first-order valence-corrected chi connectivity index (χ1v) is 6.90. The lowest BCUT2D eigenvalue weighted by molar-refractivity contribution is 0.102. The third kappa shape index (κ3) is 2.96. The standard InChI is InChI=1S/C15H12ClN5O/c1-10-2-3-12(7-13(10)16)20-15(22)11-4-5-17-14(6-11)21-8-18-19-9-21/h2-9H,1H3,(H,20,22). The number of aromatic nitrogens is 4. The summed E-state index contributed by atoms with van der Waals surface area (Å²) in [5.41, 5.74) is 2.08. The normalized spacial score (nSPS) is 10.5. The topological polar surface area (TPSA) is 72.7 Å². The average molecular weight is 314 g/mol. The lowest BCUT2D eigenvalue weighted by atomic mass is 10.2. The Morgan fingerprint density at radius 2 is 1.95 bits per heavy atom. The fourth-order valence-electron chi connectivity index (χ4n) is 1.89. The zero-order valence-electron chi connectivity index (χ0n) is 11.7. The van der Waals surface area contributed by atoms with Gasteiger partial charge in [-0.25, -0.2) is 4.98 Å². The van der Waals surface area contributed by atoms with E-state index in [0.717, 1.165) is 5.56 Å². The summed E-state index contributed by atoms with van der Waals surface area (Å²) in [5, 5.41) is 10.8. The van der Waals surface area contributed by atoms with Crippen molar-refractivity contribution in [2.75, 3.05) is 5.32 Å². The maximum absolute atomic E-state index is 12.3. The molecule has 1 N–H and O–H groups in total. The molecule has 2 aromatic heterocycles. The van der Waals surface area contributed by atoms with Crippen LogP contribution in [0.2, 0.25) is 5.02 Å². The van der Waals surface area contributed by atoms with Crippen molar-refractivity contribution in [2.24, 2.45) is 0 Å². The number of halogens is 1. The van der Waals surface area contributed by atoms with Crippen molar-refractivity contribution < 1.29 is 4.79 Å². The predicted octanol–water partition coefficient (Wildman–Crippen LogP) is 2.88. The molecule has 22 heavy (non-hydrogen) atoms. The third-order valence-corrected chi connectivity index (χ3v) is 3.53. The molecule has 0 atom stereocenters. The minimum atomic E-state index is -0.239. The third-order valence-electron chi connectivity index (χ3n) is 3.12. The number of carbonyl (C=O) groups excluding carboxylic acids is 1. The number of carbonyl (C=O) groups is 1. The summed E-state index contributed by atoms with van der Waals surface area (Å²) in [5.74, 6) is 0.330. The van der Waals surface area contributed by atoms with Crippen LogP contribution in [0.3, 0.4) is 0 Å². The monoisotopic (exact) mass is 313 g/mol. The Morgan fingerprint density at radius 3 is 2.68 bits per heavy atom. The predicted molar refractivity (Wildman–Crippen MR) is 83.3 cm³/mol. The lowest BCUT2D eigenvalue weighted by Crippen LogP contribution is -2.12. The van der Waals surface area contributed by atoms with Gasteiger partial charge in [-0.1, -0.05) is 17.7 Å². The van der Waals surface area contributed by atoms with Crippen molar-refractivity contribution in [3.05, 3.63) is 65.3 Å². The van der Waals surface area contributed by atoms with Gasteiger partial charge >= 0.3 is 0 Å². The van der Waals surface area contributed by atoms with Gasteiger partial charge in [0.25, 0.3) is 5.91 Å². The molecule has 0 aliphatic rings. The summed E-state index contributed by atoms with van der Waals surface area (Å²) in [6.07, 6.45) is 4.60. The highest BCUT2D eigenvalue weighted by Gasteiger charge is 2.09. The second kappa shape index (κ2) is 5.95. The number of amides is 1. The number of nitrogens with zero attached hydrogens (tertiary/aromatic N) is 4. The van der Waals surface area contributed by atoms with Gasteiger partial charge in [0, 0.05) is 22.5 Å². The lowest BCUT2D eigenvalue weighted by Gasteiger charge is -2.08. The second-order valence-electron chi connectivity index (χ2n) is 4.69. The molecular formula is C15H12ClN5O. The molecule has 0 saturated heterocycles. The fourth-order valence-corrected chi connectivity index (χ4v) is 2.07. The van der Waals surface area contributed by atoms with Crippen LogP contribution in [0.25, 0.3) is 5.82 Å². The first-order valence-electron chi connectivity index (χ1n) is 6.52. The van der Waals surface area contributed by atoms with E-state index in [1.165, 1.54) is 12.7 Å². The van der Waals surface area contributed by atoms with E-state index in [1.807, 2.05) is 13.0 Å². The molecule has 3 aromatic rings. The van der Waals surface area contributed by atoms with E-state index >= 15 is 0 Å². The number of pyridine rings is 1. The summed E-state index contributed by atoms with van der Waals surface area (Å²) >= 11 is 6.06. The van der Waals surface area contributed by atoms with Crippen LogP contribution in [0.1, 0.15) is 15.9 Å². The van der Waals surface area contributed by atoms with Crippen LogP contribution in [-0.4, -0.2) is 25.7 Å². The van der Waals surface area contributed by atoms with Crippen molar-refractivity contribution in [1.82, 2.24) is 19.7 Å². The fraction of sp³-hybridized carbons (Fsp3) is 0.0667. The Hall–Kier alpha value is -2.73. The van der Waals surface area contributed by atoms with Gasteiger partial charge in [0.05, 0.1) is 0 Å². The van der Waals surface area contributed by atoms with Crippen molar-refractivity contribution in [3.63, 3.8) is 0 Å². The minimum absolute atomic E-state index is 0.239. The Balaban J connectivity index is 1.83. The van der Waals surface area contributed by atoms with E-state index in [2.05, 4.69) is 20.5 Å².